The molecule has 0 aliphatic carbocycles. The van der Waals surface area contributed by atoms with Gasteiger partial charge in [0.25, 0.3) is 5.91 Å². The molecule has 2 aliphatic rings. The largest absolute Gasteiger partial charge is 0.381 e. The number of ether oxygens (including phenoxy) is 2. The van der Waals surface area contributed by atoms with Crippen LogP contribution >= 0.6 is 0 Å². The van der Waals surface area contributed by atoms with Crippen LogP contribution in [0.5, 0.6) is 0 Å². The minimum atomic E-state index is -4.27. The van der Waals surface area contributed by atoms with Crippen LogP contribution in [-0.2, 0) is 19.3 Å². The quantitative estimate of drug-likeness (QED) is 0.230. The Morgan fingerprint density at radius 1 is 0.978 bits per heavy atom. The number of H-pyrrole nitrogens is 1. The fourth-order valence-electron chi connectivity index (χ4n) is 5.64. The maximum Gasteiger partial charge on any atom is 0.258 e. The van der Waals surface area contributed by atoms with E-state index < -0.39 is 32.3 Å². The molecule has 1 amide bonds. The van der Waals surface area contributed by atoms with Gasteiger partial charge in [-0.2, -0.15) is 5.10 Å². The molecule has 2 saturated heterocycles. The minimum absolute atomic E-state index is 0.117. The summed E-state index contributed by atoms with van der Waals surface area (Å²) in [5.41, 5.74) is 2.48. The van der Waals surface area contributed by atoms with Gasteiger partial charge >= 0.3 is 0 Å². The number of rotatable bonds is 10. The Bertz CT molecular complexity index is 1800. The number of hydrogen-bond donors (Lipinski definition) is 3. The number of nitrogens with one attached hydrogen (secondary N) is 3. The Kier molecular flexibility index (Phi) is 9.49. The summed E-state index contributed by atoms with van der Waals surface area (Å²) in [5, 5.41) is 13.7. The molecule has 244 valence electrons. The molecule has 3 N–H and O–H groups in total. The highest BCUT2D eigenvalue weighted by Gasteiger charge is 2.23. The Balaban J connectivity index is 1.25. The zero-order valence-corrected chi connectivity index (χ0v) is 26.2. The maximum atomic E-state index is 13.8. The van der Waals surface area contributed by atoms with Crippen LogP contribution in [0.2, 0.25) is 0 Å². The van der Waals surface area contributed by atoms with E-state index in [1.54, 1.807) is 6.07 Å². The number of aromatic amines is 1. The number of amides is 1. The highest BCUT2D eigenvalue weighted by molar-refractivity contribution is 7.91. The zero-order chi connectivity index (χ0) is 32.3. The summed E-state index contributed by atoms with van der Waals surface area (Å²) in [6.45, 7) is 6.24. The Morgan fingerprint density at radius 3 is 2.43 bits per heavy atom. The third kappa shape index (κ3) is 7.15. The summed E-state index contributed by atoms with van der Waals surface area (Å²) in [4.78, 5) is 17.5. The Hall–Kier alpha value is -4.11. The first-order valence-electron chi connectivity index (χ1n) is 15.2. The van der Waals surface area contributed by atoms with Crippen LogP contribution in [0.1, 0.15) is 23.2 Å². The number of sulfone groups is 1. The Labute approximate surface area is 265 Å². The average molecular weight is 655 g/mol. The number of likely N-dealkylation sites (N-methyl/N-ethyl adjacent to an activating group) is 1. The summed E-state index contributed by atoms with van der Waals surface area (Å²) < 4.78 is 65.1. The van der Waals surface area contributed by atoms with Crippen molar-refractivity contribution in [3.63, 3.8) is 0 Å². The van der Waals surface area contributed by atoms with E-state index in [2.05, 4.69) is 30.6 Å². The lowest BCUT2D eigenvalue weighted by Gasteiger charge is -2.30. The Morgan fingerprint density at radius 2 is 1.70 bits per heavy atom. The molecule has 0 radical (unpaired) electrons. The number of morpholine rings is 1. The molecule has 4 aromatic rings. The van der Waals surface area contributed by atoms with Gasteiger partial charge in [-0.05, 0) is 61.4 Å². The van der Waals surface area contributed by atoms with Crippen molar-refractivity contribution in [1.29, 1.82) is 0 Å². The number of anilines is 3. The first-order chi connectivity index (χ1) is 22.2. The second-order valence-corrected chi connectivity index (χ2v) is 13.4. The summed E-state index contributed by atoms with van der Waals surface area (Å²) in [5.74, 6) is -2.33. The minimum Gasteiger partial charge on any atom is -0.381 e. The molecule has 3 aromatic carbocycles. The van der Waals surface area contributed by atoms with E-state index >= 15 is 0 Å². The van der Waals surface area contributed by atoms with Crippen LogP contribution < -0.4 is 15.5 Å². The molecule has 2 aliphatic heterocycles. The predicted molar refractivity (Wildman–Crippen MR) is 170 cm³/mol. The first-order valence-corrected chi connectivity index (χ1v) is 16.7. The molecule has 6 rings (SSSR count). The second kappa shape index (κ2) is 13.7. The molecule has 0 spiro atoms. The molecule has 2 fully saturated rings. The van der Waals surface area contributed by atoms with Gasteiger partial charge in [0, 0.05) is 75.3 Å². The van der Waals surface area contributed by atoms with Crippen molar-refractivity contribution in [3.8, 4) is 0 Å². The van der Waals surface area contributed by atoms with Crippen molar-refractivity contribution >= 4 is 43.8 Å². The molecule has 3 heterocycles. The maximum absolute atomic E-state index is 13.8. The van der Waals surface area contributed by atoms with Crippen molar-refractivity contribution < 1.29 is 31.5 Å². The van der Waals surface area contributed by atoms with Gasteiger partial charge in [0.15, 0.2) is 5.82 Å². The lowest BCUT2D eigenvalue weighted by molar-refractivity contribution is 0.0393. The molecule has 0 saturated carbocycles. The van der Waals surface area contributed by atoms with Gasteiger partial charge in [0.1, 0.15) is 11.6 Å². The standard InChI is InChI=1S/C32H36F2N6O5S/c1-39(8-9-40-10-14-45-15-11-40)24-2-4-27(30(19-24)35-23-6-12-44-13-7-23)32(41)36-31-28-20-25(3-5-29(28)37-38-31)46(42,43)26-17-21(33)16-22(34)18-26/h2-5,16-20,23,35H,6-15H2,1H3,(H2,36,37,38,41). The fourth-order valence-corrected chi connectivity index (χ4v) is 6.97. The number of halogens is 2. The van der Waals surface area contributed by atoms with Gasteiger partial charge in [0.05, 0.1) is 34.1 Å². The fraction of sp³-hybridized carbons (Fsp3) is 0.375. The number of carbonyl (C=O) groups is 1. The van der Waals surface area contributed by atoms with Crippen LogP contribution in [0.4, 0.5) is 26.0 Å². The monoisotopic (exact) mass is 654 g/mol. The molecular formula is C32H36F2N6O5S. The molecule has 0 atom stereocenters. The summed E-state index contributed by atoms with van der Waals surface area (Å²) >= 11 is 0. The van der Waals surface area contributed by atoms with E-state index in [0.717, 1.165) is 70.1 Å². The second-order valence-electron chi connectivity index (χ2n) is 11.5. The SMILES string of the molecule is CN(CCN1CCOCC1)c1ccc(C(=O)Nc2n[nH]c3ccc(S(=O)(=O)c4cc(F)cc(F)c4)cc23)c(NC2CCOCC2)c1. The van der Waals surface area contributed by atoms with Crippen molar-refractivity contribution in [3.05, 3.63) is 71.8 Å². The summed E-state index contributed by atoms with van der Waals surface area (Å²) in [6.07, 6.45) is 1.60. The summed E-state index contributed by atoms with van der Waals surface area (Å²) in [7, 11) is -2.25. The number of nitrogens with zero attached hydrogens (tertiary/aromatic N) is 3. The van der Waals surface area contributed by atoms with E-state index in [4.69, 9.17) is 9.47 Å². The average Bonchev–Trinajstić information content (AvgIpc) is 3.45. The van der Waals surface area contributed by atoms with Gasteiger partial charge < -0.3 is 25.0 Å². The van der Waals surface area contributed by atoms with Crippen LogP contribution in [0.3, 0.4) is 0 Å². The van der Waals surface area contributed by atoms with Crippen LogP contribution in [0.15, 0.2) is 64.4 Å². The highest BCUT2D eigenvalue weighted by Crippen LogP contribution is 2.30. The number of carbonyl (C=O) groups excluding carboxylic acids is 1. The topological polar surface area (TPSA) is 129 Å². The van der Waals surface area contributed by atoms with Gasteiger partial charge in [0.2, 0.25) is 9.84 Å². The lowest BCUT2D eigenvalue weighted by Crippen LogP contribution is -2.40. The van der Waals surface area contributed by atoms with E-state index in [1.807, 2.05) is 19.2 Å². The van der Waals surface area contributed by atoms with E-state index in [1.165, 1.54) is 18.2 Å². The lowest BCUT2D eigenvalue weighted by atomic mass is 10.1. The third-order valence-electron chi connectivity index (χ3n) is 8.35. The van der Waals surface area contributed by atoms with Crippen molar-refractivity contribution in [2.75, 3.05) is 75.2 Å². The van der Waals surface area contributed by atoms with Gasteiger partial charge in [-0.3, -0.25) is 14.8 Å². The smallest absolute Gasteiger partial charge is 0.258 e. The summed E-state index contributed by atoms with van der Waals surface area (Å²) in [6, 6.07) is 12.0. The van der Waals surface area contributed by atoms with E-state index in [9.17, 15) is 22.0 Å². The molecule has 11 nitrogen and oxygen atoms in total. The zero-order valence-electron chi connectivity index (χ0n) is 25.4. The van der Waals surface area contributed by atoms with Gasteiger partial charge in [-0.15, -0.1) is 0 Å². The molecule has 46 heavy (non-hydrogen) atoms. The van der Waals surface area contributed by atoms with Gasteiger partial charge in [-0.25, -0.2) is 17.2 Å². The molecule has 0 unspecified atom stereocenters. The van der Waals surface area contributed by atoms with Gasteiger partial charge in [-0.1, -0.05) is 0 Å². The number of aromatic nitrogens is 2. The van der Waals surface area contributed by atoms with Crippen LogP contribution in [0.25, 0.3) is 10.9 Å². The highest BCUT2D eigenvalue weighted by atomic mass is 32.2. The third-order valence-corrected chi connectivity index (χ3v) is 10.1. The predicted octanol–water partition coefficient (Wildman–Crippen LogP) is 4.29. The van der Waals surface area contributed by atoms with E-state index in [-0.39, 0.29) is 16.8 Å². The van der Waals surface area contributed by atoms with Crippen LogP contribution in [0, 0.1) is 11.6 Å². The normalized spacial score (nSPS) is 16.4. The number of fused-ring (bicyclic) bond motifs is 1. The van der Waals surface area contributed by atoms with Crippen LogP contribution in [-0.4, -0.2) is 95.1 Å². The van der Waals surface area contributed by atoms with Crippen molar-refractivity contribution in [2.24, 2.45) is 0 Å². The van der Waals surface area contributed by atoms with E-state index in [0.29, 0.717) is 41.4 Å². The molecule has 0 bridgehead atoms. The molecule has 14 heteroatoms. The number of benzene rings is 3. The molecular weight excluding hydrogens is 618 g/mol. The van der Waals surface area contributed by atoms with Crippen molar-refractivity contribution in [1.82, 2.24) is 15.1 Å². The number of hydrogen-bond acceptors (Lipinski definition) is 9. The first kappa shape index (κ1) is 31.9. The molecule has 1 aromatic heterocycles. The van der Waals surface area contributed by atoms with Crippen molar-refractivity contribution in [2.45, 2.75) is 28.7 Å².